The molecular formula is C22H26N2O3. The number of aliphatic hydroxyl groups is 1. The molecule has 1 amide bonds. The summed E-state index contributed by atoms with van der Waals surface area (Å²) in [7, 11) is 1.66. The Morgan fingerprint density at radius 1 is 1.22 bits per heavy atom. The Hall–Kier alpha value is -2.53. The molecule has 2 aromatic rings. The van der Waals surface area contributed by atoms with Crippen LogP contribution in [0.2, 0.25) is 0 Å². The minimum atomic E-state index is -0.0102. The van der Waals surface area contributed by atoms with Crippen LogP contribution in [0.4, 0.5) is 5.69 Å². The number of hydrogen-bond acceptors (Lipinski definition) is 4. The number of nitrogens with zero attached hydrogens (tertiary/aromatic N) is 1. The van der Waals surface area contributed by atoms with E-state index >= 15 is 0 Å². The minimum Gasteiger partial charge on any atom is -0.497 e. The number of likely N-dealkylation sites (tertiary alicyclic amines) is 1. The number of carbonyl (C=O) groups is 1. The number of methoxy groups -OCH3 is 1. The fourth-order valence-corrected chi connectivity index (χ4v) is 4.51. The molecule has 1 fully saturated rings. The van der Waals surface area contributed by atoms with Crippen molar-refractivity contribution in [3.05, 3.63) is 48.0 Å². The van der Waals surface area contributed by atoms with Crippen LogP contribution in [0.3, 0.4) is 0 Å². The highest BCUT2D eigenvalue weighted by molar-refractivity contribution is 5.78. The van der Waals surface area contributed by atoms with Crippen LogP contribution >= 0.6 is 0 Å². The fraction of sp³-hybridized carbons (Fsp3) is 0.409. The molecule has 4 rings (SSSR count). The van der Waals surface area contributed by atoms with Gasteiger partial charge in [-0.3, -0.25) is 4.79 Å². The Balaban J connectivity index is 1.76. The molecule has 0 bridgehead atoms. The van der Waals surface area contributed by atoms with Gasteiger partial charge in [-0.25, -0.2) is 0 Å². The van der Waals surface area contributed by atoms with Crippen molar-refractivity contribution in [1.82, 2.24) is 4.90 Å². The van der Waals surface area contributed by atoms with Crippen LogP contribution in [0.5, 0.6) is 5.75 Å². The van der Waals surface area contributed by atoms with E-state index in [2.05, 4.69) is 35.6 Å². The second-order valence-corrected chi connectivity index (χ2v) is 7.30. The molecule has 0 aliphatic carbocycles. The Morgan fingerprint density at radius 3 is 2.63 bits per heavy atom. The smallest absolute Gasteiger partial charge is 0.222 e. The number of fused-ring (bicyclic) bond motifs is 3. The standard InChI is InChI=1S/C22H26N2O3/c1-3-21(26)24-11-10-17-20(13-25)23-19-9-6-15(12-18(19)22(17)24)14-4-7-16(27-2)8-5-14/h4-9,12,17,20,22-23,25H,3,10-11,13H2,1-2H3/t17-,20-,22-/m0/s1. The van der Waals surface area contributed by atoms with E-state index in [0.717, 1.165) is 41.1 Å². The first kappa shape index (κ1) is 17.9. The molecule has 142 valence electrons. The molecule has 2 N–H and O–H groups in total. The summed E-state index contributed by atoms with van der Waals surface area (Å²) < 4.78 is 5.25. The number of aliphatic hydroxyl groups excluding tert-OH is 1. The van der Waals surface area contributed by atoms with Gasteiger partial charge in [0, 0.05) is 24.6 Å². The lowest BCUT2D eigenvalue weighted by Crippen LogP contribution is -2.42. The number of benzene rings is 2. The van der Waals surface area contributed by atoms with Crippen LogP contribution in [-0.2, 0) is 4.79 Å². The van der Waals surface area contributed by atoms with Gasteiger partial charge in [-0.1, -0.05) is 25.1 Å². The summed E-state index contributed by atoms with van der Waals surface area (Å²) in [6, 6.07) is 14.4. The lowest BCUT2D eigenvalue weighted by Gasteiger charge is -2.39. The Labute approximate surface area is 160 Å². The van der Waals surface area contributed by atoms with Crippen molar-refractivity contribution in [3.8, 4) is 16.9 Å². The van der Waals surface area contributed by atoms with E-state index in [1.165, 1.54) is 0 Å². The molecule has 0 saturated carbocycles. The second kappa shape index (κ2) is 7.24. The van der Waals surface area contributed by atoms with Gasteiger partial charge < -0.3 is 20.1 Å². The first-order valence-corrected chi connectivity index (χ1v) is 9.61. The van der Waals surface area contributed by atoms with Crippen molar-refractivity contribution in [1.29, 1.82) is 0 Å². The highest BCUT2D eigenvalue weighted by atomic mass is 16.5. The van der Waals surface area contributed by atoms with E-state index < -0.39 is 0 Å². The Morgan fingerprint density at radius 2 is 1.96 bits per heavy atom. The van der Waals surface area contributed by atoms with Gasteiger partial charge in [0.05, 0.1) is 25.8 Å². The lowest BCUT2D eigenvalue weighted by atomic mass is 9.82. The van der Waals surface area contributed by atoms with Crippen LogP contribution in [0.25, 0.3) is 11.1 Å². The van der Waals surface area contributed by atoms with Gasteiger partial charge in [-0.05, 0) is 47.4 Å². The van der Waals surface area contributed by atoms with Crippen LogP contribution in [0.1, 0.15) is 31.4 Å². The predicted molar refractivity (Wildman–Crippen MR) is 106 cm³/mol. The SMILES string of the molecule is CCC(=O)N1CC[C@H]2[C@H](CO)Nc3ccc(-c4ccc(OC)cc4)cc3[C@H]21. The molecule has 0 radical (unpaired) electrons. The summed E-state index contributed by atoms with van der Waals surface area (Å²) in [6.45, 7) is 2.75. The molecule has 3 atom stereocenters. The molecule has 0 spiro atoms. The molecule has 0 unspecified atom stereocenters. The van der Waals surface area contributed by atoms with E-state index in [-0.39, 0.29) is 30.5 Å². The van der Waals surface area contributed by atoms with Crippen molar-refractivity contribution in [2.75, 3.05) is 25.6 Å². The highest BCUT2D eigenvalue weighted by Gasteiger charge is 2.45. The third-order valence-electron chi connectivity index (χ3n) is 5.92. The number of nitrogens with one attached hydrogen (secondary N) is 1. The third-order valence-corrected chi connectivity index (χ3v) is 5.92. The van der Waals surface area contributed by atoms with E-state index in [1.807, 2.05) is 24.0 Å². The number of hydrogen-bond donors (Lipinski definition) is 2. The maximum Gasteiger partial charge on any atom is 0.222 e. The molecule has 0 aromatic heterocycles. The molecule has 5 heteroatoms. The summed E-state index contributed by atoms with van der Waals surface area (Å²) in [5.74, 6) is 1.26. The zero-order valence-corrected chi connectivity index (χ0v) is 15.8. The van der Waals surface area contributed by atoms with Crippen LogP contribution in [0.15, 0.2) is 42.5 Å². The normalized spacial score (nSPS) is 23.4. The summed E-state index contributed by atoms with van der Waals surface area (Å²) in [6.07, 6.45) is 1.43. The topological polar surface area (TPSA) is 61.8 Å². The van der Waals surface area contributed by atoms with Gasteiger partial charge in [0.2, 0.25) is 5.91 Å². The van der Waals surface area contributed by atoms with Crippen LogP contribution in [0, 0.1) is 5.92 Å². The van der Waals surface area contributed by atoms with Crippen molar-refractivity contribution in [2.45, 2.75) is 31.8 Å². The molecule has 2 aromatic carbocycles. The zero-order valence-electron chi connectivity index (χ0n) is 15.8. The maximum atomic E-state index is 12.5. The van der Waals surface area contributed by atoms with Crippen molar-refractivity contribution in [2.24, 2.45) is 5.92 Å². The summed E-state index contributed by atoms with van der Waals surface area (Å²) in [4.78, 5) is 14.5. The molecule has 5 nitrogen and oxygen atoms in total. The van der Waals surface area contributed by atoms with Gasteiger partial charge in [0.15, 0.2) is 0 Å². The van der Waals surface area contributed by atoms with E-state index in [1.54, 1.807) is 7.11 Å². The Kier molecular flexibility index (Phi) is 4.79. The maximum absolute atomic E-state index is 12.5. The second-order valence-electron chi connectivity index (χ2n) is 7.30. The molecule has 27 heavy (non-hydrogen) atoms. The first-order valence-electron chi connectivity index (χ1n) is 9.61. The van der Waals surface area contributed by atoms with Crippen LogP contribution in [-0.4, -0.2) is 42.2 Å². The minimum absolute atomic E-state index is 0.0102. The summed E-state index contributed by atoms with van der Waals surface area (Å²) >= 11 is 0. The van der Waals surface area contributed by atoms with E-state index in [0.29, 0.717) is 6.42 Å². The lowest BCUT2D eigenvalue weighted by molar-refractivity contribution is -0.132. The average Bonchev–Trinajstić information content (AvgIpc) is 3.18. The Bertz CT molecular complexity index is 834. The fourth-order valence-electron chi connectivity index (χ4n) is 4.51. The van der Waals surface area contributed by atoms with Gasteiger partial charge in [0.25, 0.3) is 0 Å². The average molecular weight is 366 g/mol. The highest BCUT2D eigenvalue weighted by Crippen LogP contribution is 2.47. The van der Waals surface area contributed by atoms with Gasteiger partial charge in [-0.2, -0.15) is 0 Å². The zero-order chi connectivity index (χ0) is 19.0. The van der Waals surface area contributed by atoms with Crippen molar-refractivity contribution in [3.63, 3.8) is 0 Å². The molecular weight excluding hydrogens is 340 g/mol. The number of rotatable bonds is 4. The quantitative estimate of drug-likeness (QED) is 0.870. The van der Waals surface area contributed by atoms with Gasteiger partial charge in [-0.15, -0.1) is 0 Å². The largest absolute Gasteiger partial charge is 0.497 e. The molecule has 2 aliphatic heterocycles. The molecule has 2 aliphatic rings. The van der Waals surface area contributed by atoms with Gasteiger partial charge >= 0.3 is 0 Å². The number of ether oxygens (including phenoxy) is 1. The predicted octanol–water partition coefficient (Wildman–Crippen LogP) is 3.45. The van der Waals surface area contributed by atoms with Crippen LogP contribution < -0.4 is 10.1 Å². The monoisotopic (exact) mass is 366 g/mol. The van der Waals surface area contributed by atoms with Crippen molar-refractivity contribution >= 4 is 11.6 Å². The van der Waals surface area contributed by atoms with E-state index in [9.17, 15) is 9.90 Å². The molecule has 1 saturated heterocycles. The number of amides is 1. The third kappa shape index (κ3) is 3.06. The summed E-state index contributed by atoms with van der Waals surface area (Å²) in [5.41, 5.74) is 4.40. The number of carbonyl (C=O) groups excluding carboxylic acids is 1. The van der Waals surface area contributed by atoms with Crippen molar-refractivity contribution < 1.29 is 14.6 Å². The van der Waals surface area contributed by atoms with Gasteiger partial charge in [0.1, 0.15) is 5.75 Å². The van der Waals surface area contributed by atoms with E-state index in [4.69, 9.17) is 4.74 Å². The number of anilines is 1. The summed E-state index contributed by atoms with van der Waals surface area (Å²) in [5, 5.41) is 13.3. The first-order chi connectivity index (χ1) is 13.2. The molecule has 2 heterocycles.